The second-order valence-corrected chi connectivity index (χ2v) is 5.70. The van der Waals surface area contributed by atoms with Crippen LogP contribution in [-0.4, -0.2) is 17.3 Å². The maximum atomic E-state index is 12.6. The fraction of sp³-hybridized carbons (Fsp3) is 0.571. The van der Waals surface area contributed by atoms with Gasteiger partial charge in [0.15, 0.2) is 0 Å². The Kier molecular flexibility index (Phi) is 3.62. The van der Waals surface area contributed by atoms with E-state index in [1.165, 1.54) is 6.07 Å². The van der Waals surface area contributed by atoms with Crippen LogP contribution in [0.1, 0.15) is 31.4 Å². The smallest absolute Gasteiger partial charge is 0.392 e. The third-order valence-corrected chi connectivity index (χ3v) is 4.02. The molecule has 2 N–H and O–H groups in total. The van der Waals surface area contributed by atoms with Crippen molar-refractivity contribution < 1.29 is 18.3 Å². The third kappa shape index (κ3) is 2.92. The minimum atomic E-state index is -4.30. The van der Waals surface area contributed by atoms with Crippen molar-refractivity contribution in [3.63, 3.8) is 0 Å². The van der Waals surface area contributed by atoms with Gasteiger partial charge in [0.05, 0.1) is 11.7 Å². The second kappa shape index (κ2) is 4.80. The summed E-state index contributed by atoms with van der Waals surface area (Å²) in [4.78, 5) is 0. The van der Waals surface area contributed by atoms with Gasteiger partial charge in [-0.25, -0.2) is 0 Å². The van der Waals surface area contributed by atoms with Crippen LogP contribution in [0, 0.1) is 5.41 Å². The average Bonchev–Trinajstić information content (AvgIpc) is 2.33. The molecular formula is C14H18F3NO. The Morgan fingerprint density at radius 3 is 2.58 bits per heavy atom. The molecule has 2 unspecified atom stereocenters. The number of aliphatic hydroxyl groups is 1. The van der Waals surface area contributed by atoms with Crippen molar-refractivity contribution in [3.05, 3.63) is 35.4 Å². The van der Waals surface area contributed by atoms with E-state index >= 15 is 0 Å². The quantitative estimate of drug-likeness (QED) is 0.887. The summed E-state index contributed by atoms with van der Waals surface area (Å²) in [5, 5.41) is 12.8. The molecule has 1 aromatic carbocycles. The van der Waals surface area contributed by atoms with Crippen molar-refractivity contribution in [2.45, 2.75) is 45.1 Å². The van der Waals surface area contributed by atoms with Crippen LogP contribution < -0.4 is 5.32 Å². The van der Waals surface area contributed by atoms with E-state index in [0.29, 0.717) is 18.5 Å². The lowest BCUT2D eigenvalue weighted by Crippen LogP contribution is -2.59. The van der Waals surface area contributed by atoms with Gasteiger partial charge in [0.2, 0.25) is 0 Å². The summed E-state index contributed by atoms with van der Waals surface area (Å²) in [7, 11) is 0. The van der Waals surface area contributed by atoms with Gasteiger partial charge in [-0.1, -0.05) is 32.0 Å². The molecule has 2 nitrogen and oxygen atoms in total. The van der Waals surface area contributed by atoms with Gasteiger partial charge in [0, 0.05) is 18.0 Å². The molecule has 0 saturated heterocycles. The topological polar surface area (TPSA) is 32.3 Å². The molecule has 1 aliphatic carbocycles. The van der Waals surface area contributed by atoms with Crippen LogP contribution in [0.5, 0.6) is 0 Å². The van der Waals surface area contributed by atoms with Crippen LogP contribution in [0.4, 0.5) is 13.2 Å². The van der Waals surface area contributed by atoms with E-state index in [2.05, 4.69) is 5.32 Å². The van der Waals surface area contributed by atoms with E-state index in [9.17, 15) is 18.3 Å². The van der Waals surface area contributed by atoms with Crippen LogP contribution in [0.3, 0.4) is 0 Å². The molecule has 0 bridgehead atoms. The van der Waals surface area contributed by atoms with Gasteiger partial charge in [-0.2, -0.15) is 13.2 Å². The monoisotopic (exact) mass is 273 g/mol. The van der Waals surface area contributed by atoms with E-state index in [0.717, 1.165) is 12.1 Å². The van der Waals surface area contributed by atoms with E-state index in [1.54, 1.807) is 6.07 Å². The van der Waals surface area contributed by atoms with Gasteiger partial charge in [-0.05, 0) is 18.1 Å². The molecule has 2 rings (SSSR count). The zero-order chi connectivity index (χ0) is 14.3. The molecule has 0 aromatic heterocycles. The highest BCUT2D eigenvalue weighted by molar-refractivity contribution is 5.25. The lowest BCUT2D eigenvalue weighted by atomic mass is 9.64. The van der Waals surface area contributed by atoms with Crippen LogP contribution >= 0.6 is 0 Å². The molecule has 0 heterocycles. The highest BCUT2D eigenvalue weighted by Crippen LogP contribution is 2.40. The lowest BCUT2D eigenvalue weighted by molar-refractivity contribution is -0.137. The largest absolute Gasteiger partial charge is 0.416 e. The molecule has 1 aliphatic rings. The molecule has 5 heteroatoms. The average molecular weight is 273 g/mol. The first-order valence-electron chi connectivity index (χ1n) is 6.29. The van der Waals surface area contributed by atoms with Crippen LogP contribution in [0.15, 0.2) is 24.3 Å². The van der Waals surface area contributed by atoms with Gasteiger partial charge in [0.25, 0.3) is 0 Å². The number of hydrogen-bond donors (Lipinski definition) is 2. The molecule has 0 amide bonds. The van der Waals surface area contributed by atoms with E-state index in [4.69, 9.17) is 0 Å². The molecule has 19 heavy (non-hydrogen) atoms. The highest BCUT2D eigenvalue weighted by Gasteiger charge is 2.46. The molecular weight excluding hydrogens is 255 g/mol. The summed E-state index contributed by atoms with van der Waals surface area (Å²) in [5.41, 5.74) is -0.242. The summed E-state index contributed by atoms with van der Waals surface area (Å²) in [6.07, 6.45) is -4.00. The molecule has 0 aliphatic heterocycles. The van der Waals surface area contributed by atoms with Crippen molar-refractivity contribution in [2.75, 3.05) is 0 Å². The number of rotatable bonds is 3. The minimum Gasteiger partial charge on any atom is -0.392 e. The van der Waals surface area contributed by atoms with Gasteiger partial charge in [-0.15, -0.1) is 0 Å². The summed E-state index contributed by atoms with van der Waals surface area (Å²) in [5.74, 6) is 0. The Bertz CT molecular complexity index is 456. The van der Waals surface area contributed by atoms with Crippen LogP contribution in [0.25, 0.3) is 0 Å². The Morgan fingerprint density at radius 1 is 1.37 bits per heavy atom. The zero-order valence-corrected chi connectivity index (χ0v) is 11.0. The zero-order valence-electron chi connectivity index (χ0n) is 11.0. The van der Waals surface area contributed by atoms with Crippen LogP contribution in [-0.2, 0) is 12.7 Å². The normalized spacial score (nSPS) is 26.0. The van der Waals surface area contributed by atoms with Crippen molar-refractivity contribution >= 4 is 0 Å². The molecule has 1 fully saturated rings. The second-order valence-electron chi connectivity index (χ2n) is 5.70. The predicted octanol–water partition coefficient (Wildman–Crippen LogP) is 2.95. The molecule has 2 atom stereocenters. The number of alkyl halides is 3. The molecule has 1 aromatic rings. The first-order valence-corrected chi connectivity index (χ1v) is 6.29. The van der Waals surface area contributed by atoms with Crippen molar-refractivity contribution in [1.82, 2.24) is 5.32 Å². The Hall–Kier alpha value is -1.07. The standard InChI is InChI=1S/C14H18F3NO/c1-13(2)11(7-12(13)19)18-8-9-4-3-5-10(6-9)14(15,16)17/h3-6,11-12,18-19H,7-8H2,1-2H3. The Balaban J connectivity index is 1.98. The summed E-state index contributed by atoms with van der Waals surface area (Å²) < 4.78 is 37.7. The first-order chi connectivity index (χ1) is 8.71. The number of nitrogens with one attached hydrogen (secondary N) is 1. The van der Waals surface area contributed by atoms with Gasteiger partial charge >= 0.3 is 6.18 Å². The van der Waals surface area contributed by atoms with Crippen LogP contribution in [0.2, 0.25) is 0 Å². The fourth-order valence-corrected chi connectivity index (χ4v) is 2.35. The Morgan fingerprint density at radius 2 is 2.05 bits per heavy atom. The van der Waals surface area contributed by atoms with Crippen molar-refractivity contribution in [2.24, 2.45) is 5.41 Å². The maximum Gasteiger partial charge on any atom is 0.416 e. The number of hydrogen-bond acceptors (Lipinski definition) is 2. The highest BCUT2D eigenvalue weighted by atomic mass is 19.4. The Labute approximate surface area is 110 Å². The summed E-state index contributed by atoms with van der Waals surface area (Å²) in [6.45, 7) is 4.28. The van der Waals surface area contributed by atoms with Gasteiger partial charge < -0.3 is 10.4 Å². The summed E-state index contributed by atoms with van der Waals surface area (Å²) in [6, 6.07) is 5.46. The number of benzene rings is 1. The number of aliphatic hydroxyl groups excluding tert-OH is 1. The molecule has 106 valence electrons. The van der Waals surface area contributed by atoms with E-state index in [-0.39, 0.29) is 17.6 Å². The fourth-order valence-electron chi connectivity index (χ4n) is 2.35. The van der Waals surface area contributed by atoms with Crippen molar-refractivity contribution in [1.29, 1.82) is 0 Å². The predicted molar refractivity (Wildman–Crippen MR) is 66.5 cm³/mol. The SMILES string of the molecule is CC1(C)C(O)CC1NCc1cccc(C(F)(F)F)c1. The molecule has 1 saturated carbocycles. The van der Waals surface area contributed by atoms with Gasteiger partial charge in [0.1, 0.15) is 0 Å². The maximum absolute atomic E-state index is 12.6. The third-order valence-electron chi connectivity index (χ3n) is 4.02. The molecule has 0 radical (unpaired) electrons. The van der Waals surface area contributed by atoms with E-state index in [1.807, 2.05) is 13.8 Å². The minimum absolute atomic E-state index is 0.136. The lowest BCUT2D eigenvalue weighted by Gasteiger charge is -2.49. The first kappa shape index (κ1) is 14.3. The summed E-state index contributed by atoms with van der Waals surface area (Å²) >= 11 is 0. The van der Waals surface area contributed by atoms with E-state index < -0.39 is 11.7 Å². The number of halogens is 3. The van der Waals surface area contributed by atoms with Crippen molar-refractivity contribution in [3.8, 4) is 0 Å². The van der Waals surface area contributed by atoms with Gasteiger partial charge in [-0.3, -0.25) is 0 Å². The molecule has 0 spiro atoms.